The van der Waals surface area contributed by atoms with Gasteiger partial charge >= 0.3 is 5.63 Å². The lowest BCUT2D eigenvalue weighted by atomic mass is 9.77. The predicted octanol–water partition coefficient (Wildman–Crippen LogP) is 9.24. The van der Waals surface area contributed by atoms with E-state index in [1.54, 1.807) is 6.20 Å². The number of hydrogen-bond acceptors (Lipinski definition) is 6. The molecule has 40 heavy (non-hydrogen) atoms. The average Bonchev–Trinajstić information content (AvgIpc) is 3.60. The van der Waals surface area contributed by atoms with Crippen molar-refractivity contribution in [3.63, 3.8) is 0 Å². The molecule has 8 heteroatoms. The van der Waals surface area contributed by atoms with Crippen LogP contribution in [0.4, 0.5) is 5.13 Å². The van der Waals surface area contributed by atoms with Crippen molar-refractivity contribution in [2.24, 2.45) is 11.0 Å². The highest BCUT2D eigenvalue weighted by molar-refractivity contribution is 9.10. The lowest BCUT2D eigenvalue weighted by molar-refractivity contribution is 0.487. The fraction of sp³-hybridized carbons (Fsp3) is 0.156. The van der Waals surface area contributed by atoms with Gasteiger partial charge in [0.2, 0.25) is 5.13 Å². The monoisotopic (exact) mass is 671 g/mol. The van der Waals surface area contributed by atoms with Crippen molar-refractivity contribution in [1.29, 1.82) is 0 Å². The number of aromatic nitrogens is 1. The number of thiazole rings is 1. The molecule has 1 aliphatic carbocycles. The highest BCUT2D eigenvalue weighted by Gasteiger charge is 2.43. The van der Waals surface area contributed by atoms with Gasteiger partial charge in [-0.05, 0) is 78.4 Å². The van der Waals surface area contributed by atoms with E-state index in [0.29, 0.717) is 11.1 Å². The molecule has 0 amide bonds. The molecule has 2 aliphatic rings. The standard InChI is InChI=1S/C32H23Br2N3O2S/c33-23-12-8-19(9-13-23)16-22-5-3-6-25-29(22)36-37(30(25)20-10-14-24(34)15-11-20)32-35-18-28(40-32)26-17-21-4-1-2-7-27(21)39-31(26)38/h1-2,4,7-18,25,30H,3,5-6H2. The van der Waals surface area contributed by atoms with Crippen LogP contribution in [0.15, 0.2) is 114 Å². The van der Waals surface area contributed by atoms with Crippen LogP contribution < -0.4 is 10.6 Å². The smallest absolute Gasteiger partial charge is 0.345 e. The minimum absolute atomic E-state index is 0.0173. The van der Waals surface area contributed by atoms with E-state index >= 15 is 0 Å². The first-order chi connectivity index (χ1) is 19.5. The normalized spacial score (nSPS) is 19.7. The van der Waals surface area contributed by atoms with E-state index in [9.17, 15) is 4.79 Å². The molecule has 1 aliphatic heterocycles. The lowest BCUT2D eigenvalue weighted by Gasteiger charge is -2.29. The lowest BCUT2D eigenvalue weighted by Crippen LogP contribution is -2.28. The zero-order chi connectivity index (χ0) is 27.2. The Bertz CT molecular complexity index is 1840. The molecular formula is C32H23Br2N3O2S. The van der Waals surface area contributed by atoms with Crippen LogP contribution in [0.2, 0.25) is 0 Å². The third-order valence-electron chi connectivity index (χ3n) is 7.52. The van der Waals surface area contributed by atoms with Crippen LogP contribution in [-0.4, -0.2) is 10.7 Å². The number of hydrogen-bond donors (Lipinski definition) is 0. The molecule has 0 saturated heterocycles. The molecule has 2 atom stereocenters. The number of benzene rings is 3. The number of hydrazone groups is 1. The Morgan fingerprint density at radius 1 is 0.975 bits per heavy atom. The van der Waals surface area contributed by atoms with Gasteiger partial charge in [0.15, 0.2) is 0 Å². The maximum absolute atomic E-state index is 12.9. The summed E-state index contributed by atoms with van der Waals surface area (Å²) in [5, 5.41) is 8.96. The SMILES string of the molecule is O=c1oc2ccccc2cc1-c1cnc(N2N=C3C(=Cc4ccc(Br)cc4)CCCC3C2c2ccc(Br)cc2)s1. The van der Waals surface area contributed by atoms with Crippen molar-refractivity contribution in [3.8, 4) is 10.4 Å². The first-order valence-corrected chi connectivity index (χ1v) is 15.5. The summed E-state index contributed by atoms with van der Waals surface area (Å²) in [6.45, 7) is 0. The molecule has 2 unspecified atom stereocenters. The largest absolute Gasteiger partial charge is 0.422 e. The molecule has 1 fully saturated rings. The van der Waals surface area contributed by atoms with Gasteiger partial charge in [0.05, 0.1) is 22.2 Å². The minimum atomic E-state index is -0.362. The molecule has 5 aromatic rings. The maximum atomic E-state index is 12.9. The van der Waals surface area contributed by atoms with Crippen molar-refractivity contribution in [3.05, 3.63) is 121 Å². The van der Waals surface area contributed by atoms with Crippen LogP contribution in [0.3, 0.4) is 0 Å². The molecular weight excluding hydrogens is 650 g/mol. The van der Waals surface area contributed by atoms with Gasteiger partial charge in [-0.15, -0.1) is 0 Å². The molecule has 0 N–H and O–H groups in total. The number of rotatable bonds is 4. The molecule has 3 aromatic carbocycles. The Labute approximate surface area is 252 Å². The fourth-order valence-electron chi connectivity index (χ4n) is 5.64. The second-order valence-electron chi connectivity index (χ2n) is 10.0. The minimum Gasteiger partial charge on any atom is -0.422 e. The van der Waals surface area contributed by atoms with Crippen LogP contribution in [0, 0.1) is 5.92 Å². The molecule has 2 aromatic heterocycles. The molecule has 198 valence electrons. The summed E-state index contributed by atoms with van der Waals surface area (Å²) in [5.74, 6) is 0.245. The second-order valence-corrected chi connectivity index (χ2v) is 12.9. The van der Waals surface area contributed by atoms with Crippen molar-refractivity contribution >= 4 is 71.1 Å². The molecule has 7 rings (SSSR count). The second kappa shape index (κ2) is 10.6. The van der Waals surface area contributed by atoms with Gasteiger partial charge in [0, 0.05) is 26.4 Å². The Hall–Kier alpha value is -3.33. The maximum Gasteiger partial charge on any atom is 0.345 e. The predicted molar refractivity (Wildman–Crippen MR) is 170 cm³/mol. The summed E-state index contributed by atoms with van der Waals surface area (Å²) in [6.07, 6.45) is 7.19. The number of halogens is 2. The fourth-order valence-corrected chi connectivity index (χ4v) is 7.08. The zero-order valence-corrected chi connectivity index (χ0v) is 25.2. The average molecular weight is 673 g/mol. The van der Waals surface area contributed by atoms with Gasteiger partial charge in [-0.3, -0.25) is 0 Å². The number of nitrogens with zero attached hydrogens (tertiary/aromatic N) is 3. The molecule has 0 bridgehead atoms. The summed E-state index contributed by atoms with van der Waals surface area (Å²) >= 11 is 8.60. The van der Waals surface area contributed by atoms with Crippen molar-refractivity contribution in [2.45, 2.75) is 25.3 Å². The number of para-hydroxylation sites is 1. The topological polar surface area (TPSA) is 58.7 Å². The van der Waals surface area contributed by atoms with Gasteiger partial charge in [-0.1, -0.05) is 85.7 Å². The van der Waals surface area contributed by atoms with Gasteiger partial charge < -0.3 is 4.42 Å². The van der Waals surface area contributed by atoms with Crippen LogP contribution in [0.1, 0.15) is 36.4 Å². The van der Waals surface area contributed by atoms with E-state index in [0.717, 1.165) is 49.3 Å². The van der Waals surface area contributed by atoms with E-state index in [-0.39, 0.29) is 17.6 Å². The summed E-state index contributed by atoms with van der Waals surface area (Å²) in [6, 6.07) is 26.4. The Kier molecular flexibility index (Phi) is 6.78. The number of allylic oxidation sites excluding steroid dienone is 1. The van der Waals surface area contributed by atoms with Gasteiger partial charge in [0.25, 0.3) is 0 Å². The number of fused-ring (bicyclic) bond motifs is 2. The Morgan fingerprint density at radius 2 is 1.73 bits per heavy atom. The van der Waals surface area contributed by atoms with E-state index < -0.39 is 0 Å². The first kappa shape index (κ1) is 25.6. The highest BCUT2D eigenvalue weighted by Crippen LogP contribution is 2.47. The molecule has 0 radical (unpaired) electrons. The Balaban J connectivity index is 1.31. The molecule has 1 saturated carbocycles. The summed E-state index contributed by atoms with van der Waals surface area (Å²) in [4.78, 5) is 18.4. The van der Waals surface area contributed by atoms with Gasteiger partial charge in [0.1, 0.15) is 5.58 Å². The van der Waals surface area contributed by atoms with Gasteiger partial charge in [-0.2, -0.15) is 5.10 Å². The summed E-state index contributed by atoms with van der Waals surface area (Å²) < 4.78 is 7.71. The van der Waals surface area contributed by atoms with E-state index in [2.05, 4.69) is 91.5 Å². The third kappa shape index (κ3) is 4.78. The van der Waals surface area contributed by atoms with E-state index in [1.807, 2.05) is 30.3 Å². The molecule has 3 heterocycles. The summed E-state index contributed by atoms with van der Waals surface area (Å²) in [5.41, 5.74) is 5.50. The third-order valence-corrected chi connectivity index (χ3v) is 9.60. The van der Waals surface area contributed by atoms with Crippen molar-refractivity contribution < 1.29 is 4.42 Å². The van der Waals surface area contributed by atoms with Crippen LogP contribution in [0.5, 0.6) is 0 Å². The highest BCUT2D eigenvalue weighted by atomic mass is 79.9. The van der Waals surface area contributed by atoms with E-state index in [4.69, 9.17) is 14.5 Å². The number of anilines is 1. The molecule has 0 spiro atoms. The summed E-state index contributed by atoms with van der Waals surface area (Å²) in [7, 11) is 0. The van der Waals surface area contributed by atoms with Crippen molar-refractivity contribution in [1.82, 2.24) is 4.98 Å². The Morgan fingerprint density at radius 3 is 2.52 bits per heavy atom. The van der Waals surface area contributed by atoms with Crippen LogP contribution in [0.25, 0.3) is 27.5 Å². The van der Waals surface area contributed by atoms with Crippen LogP contribution in [-0.2, 0) is 0 Å². The zero-order valence-electron chi connectivity index (χ0n) is 21.3. The van der Waals surface area contributed by atoms with Crippen LogP contribution >= 0.6 is 43.2 Å². The van der Waals surface area contributed by atoms with E-state index in [1.165, 1.54) is 28.0 Å². The van der Waals surface area contributed by atoms with Gasteiger partial charge in [-0.25, -0.2) is 14.8 Å². The molecule has 5 nitrogen and oxygen atoms in total. The van der Waals surface area contributed by atoms with Crippen molar-refractivity contribution in [2.75, 3.05) is 5.01 Å². The first-order valence-electron chi connectivity index (χ1n) is 13.1. The quantitative estimate of drug-likeness (QED) is 0.179.